The van der Waals surface area contributed by atoms with Crippen molar-refractivity contribution < 1.29 is 4.74 Å². The van der Waals surface area contributed by atoms with Crippen molar-refractivity contribution in [2.75, 3.05) is 25.9 Å². The van der Waals surface area contributed by atoms with Crippen LogP contribution in [0.1, 0.15) is 18.1 Å². The Bertz CT molecular complexity index is 551. The molecule has 3 nitrogen and oxygen atoms in total. The number of nitrogens with zero attached hydrogens (tertiary/aromatic N) is 1. The van der Waals surface area contributed by atoms with Crippen molar-refractivity contribution in [2.24, 2.45) is 0 Å². The first kappa shape index (κ1) is 15.4. The monoisotopic (exact) mass is 284 g/mol. The molecule has 0 amide bonds. The van der Waals surface area contributed by atoms with E-state index in [1.165, 1.54) is 11.1 Å². The quantitative estimate of drug-likeness (QED) is 0.793. The minimum absolute atomic E-state index is 0.660. The van der Waals surface area contributed by atoms with Gasteiger partial charge in [-0.05, 0) is 36.7 Å². The van der Waals surface area contributed by atoms with Crippen LogP contribution in [0.25, 0.3) is 0 Å². The zero-order valence-electron chi connectivity index (χ0n) is 12.9. The summed E-state index contributed by atoms with van der Waals surface area (Å²) in [6.07, 6.45) is 1.09. The van der Waals surface area contributed by atoms with Crippen LogP contribution in [0.15, 0.2) is 48.5 Å². The van der Waals surface area contributed by atoms with Gasteiger partial charge in [-0.2, -0.15) is 0 Å². The molecule has 3 heteroatoms. The molecular formula is C18H24N2O. The number of rotatable bonds is 7. The van der Waals surface area contributed by atoms with Gasteiger partial charge in [0.15, 0.2) is 0 Å². The minimum atomic E-state index is 0.660. The number of aryl methyl sites for hydroxylation is 1. The lowest BCUT2D eigenvalue weighted by molar-refractivity contribution is 0.233. The van der Waals surface area contributed by atoms with E-state index in [0.29, 0.717) is 6.61 Å². The number of anilines is 1. The summed E-state index contributed by atoms with van der Waals surface area (Å²) in [5, 5.41) is 0. The summed E-state index contributed by atoms with van der Waals surface area (Å²) in [4.78, 5) is 2.26. The van der Waals surface area contributed by atoms with Crippen LogP contribution in [-0.2, 0) is 13.0 Å². The summed E-state index contributed by atoms with van der Waals surface area (Å²) in [7, 11) is 2.11. The Labute approximate surface area is 127 Å². The molecule has 0 fully saturated rings. The summed E-state index contributed by atoms with van der Waals surface area (Å²) < 4.78 is 5.71. The second-order valence-electron chi connectivity index (χ2n) is 5.33. The van der Waals surface area contributed by atoms with Crippen LogP contribution in [0.3, 0.4) is 0 Å². The van der Waals surface area contributed by atoms with E-state index in [1.54, 1.807) is 0 Å². The first-order valence-electron chi connectivity index (χ1n) is 7.42. The number of benzene rings is 2. The number of likely N-dealkylation sites (N-methyl/N-ethyl adjacent to an activating group) is 1. The lowest BCUT2D eigenvalue weighted by atomic mass is 10.1. The predicted octanol–water partition coefficient (Wildman–Crippen LogP) is 3.34. The molecule has 112 valence electrons. The summed E-state index contributed by atoms with van der Waals surface area (Å²) in [6.45, 7) is 4.65. The van der Waals surface area contributed by atoms with Crippen molar-refractivity contribution in [2.45, 2.75) is 19.9 Å². The second-order valence-corrected chi connectivity index (χ2v) is 5.33. The molecule has 2 rings (SSSR count). The number of nitrogen functional groups attached to an aromatic ring is 1. The number of hydrogen-bond acceptors (Lipinski definition) is 3. The highest BCUT2D eigenvalue weighted by atomic mass is 16.5. The molecule has 2 aromatic carbocycles. The van der Waals surface area contributed by atoms with Crippen molar-refractivity contribution in [1.82, 2.24) is 4.90 Å². The molecule has 0 saturated heterocycles. The molecule has 0 heterocycles. The van der Waals surface area contributed by atoms with Crippen LogP contribution in [0, 0.1) is 0 Å². The predicted molar refractivity (Wildman–Crippen MR) is 88.5 cm³/mol. The van der Waals surface area contributed by atoms with Gasteiger partial charge >= 0.3 is 0 Å². The highest BCUT2D eigenvalue weighted by Gasteiger charge is 2.01. The lowest BCUT2D eigenvalue weighted by Crippen LogP contribution is -2.23. The van der Waals surface area contributed by atoms with Gasteiger partial charge in [0.1, 0.15) is 12.4 Å². The normalized spacial score (nSPS) is 10.8. The maximum absolute atomic E-state index is 5.73. The minimum Gasteiger partial charge on any atom is -0.492 e. The van der Waals surface area contributed by atoms with E-state index < -0.39 is 0 Å². The Balaban J connectivity index is 1.75. The molecule has 2 N–H and O–H groups in total. The van der Waals surface area contributed by atoms with E-state index in [4.69, 9.17) is 10.5 Å². The first-order chi connectivity index (χ1) is 10.2. The lowest BCUT2D eigenvalue weighted by Gasteiger charge is -2.17. The van der Waals surface area contributed by atoms with Gasteiger partial charge in [0, 0.05) is 24.8 Å². The molecule has 0 spiro atoms. The standard InChI is InChI=1S/C18H24N2O/c1-3-15-7-9-16(10-8-15)14-20(2)11-12-21-18-6-4-5-17(19)13-18/h4-10,13H,3,11-12,14,19H2,1-2H3. The second kappa shape index (κ2) is 7.70. The summed E-state index contributed by atoms with van der Waals surface area (Å²) >= 11 is 0. The average Bonchev–Trinajstić information content (AvgIpc) is 2.48. The fourth-order valence-corrected chi connectivity index (χ4v) is 2.19. The maximum Gasteiger partial charge on any atom is 0.121 e. The van der Waals surface area contributed by atoms with Crippen LogP contribution in [0.2, 0.25) is 0 Å². The van der Waals surface area contributed by atoms with Gasteiger partial charge in [-0.15, -0.1) is 0 Å². The molecule has 2 aromatic rings. The van der Waals surface area contributed by atoms with Crippen LogP contribution in [0.5, 0.6) is 5.75 Å². The molecule has 0 aliphatic rings. The third kappa shape index (κ3) is 5.12. The van der Waals surface area contributed by atoms with E-state index in [1.807, 2.05) is 24.3 Å². The van der Waals surface area contributed by atoms with Gasteiger partial charge in [0.25, 0.3) is 0 Å². The first-order valence-corrected chi connectivity index (χ1v) is 7.42. The van der Waals surface area contributed by atoms with E-state index in [0.717, 1.165) is 30.9 Å². The third-order valence-electron chi connectivity index (χ3n) is 3.48. The maximum atomic E-state index is 5.73. The number of hydrogen-bond donors (Lipinski definition) is 1. The van der Waals surface area contributed by atoms with Crippen molar-refractivity contribution >= 4 is 5.69 Å². The molecule has 0 aliphatic heterocycles. The van der Waals surface area contributed by atoms with Gasteiger partial charge in [0.2, 0.25) is 0 Å². The summed E-state index contributed by atoms with van der Waals surface area (Å²) in [5.74, 6) is 0.829. The van der Waals surface area contributed by atoms with Crippen LogP contribution in [-0.4, -0.2) is 25.1 Å². The smallest absolute Gasteiger partial charge is 0.121 e. The van der Waals surface area contributed by atoms with Crippen molar-refractivity contribution in [3.63, 3.8) is 0 Å². The highest BCUT2D eigenvalue weighted by molar-refractivity contribution is 5.43. The molecule has 21 heavy (non-hydrogen) atoms. The topological polar surface area (TPSA) is 38.5 Å². The average molecular weight is 284 g/mol. The van der Waals surface area contributed by atoms with Gasteiger partial charge in [-0.1, -0.05) is 37.3 Å². The Morgan fingerprint density at radius 1 is 1.05 bits per heavy atom. The fraction of sp³-hybridized carbons (Fsp3) is 0.333. The fourth-order valence-electron chi connectivity index (χ4n) is 2.19. The zero-order valence-corrected chi connectivity index (χ0v) is 12.9. The van der Waals surface area contributed by atoms with Crippen LogP contribution < -0.4 is 10.5 Å². The molecule has 0 atom stereocenters. The van der Waals surface area contributed by atoms with Crippen molar-refractivity contribution in [3.05, 3.63) is 59.7 Å². The van der Waals surface area contributed by atoms with Crippen LogP contribution in [0.4, 0.5) is 5.69 Å². The molecule has 0 radical (unpaired) electrons. The Morgan fingerprint density at radius 3 is 2.43 bits per heavy atom. The zero-order chi connectivity index (χ0) is 15.1. The van der Waals surface area contributed by atoms with E-state index >= 15 is 0 Å². The molecule has 0 bridgehead atoms. The number of nitrogens with two attached hydrogens (primary N) is 1. The van der Waals surface area contributed by atoms with Gasteiger partial charge < -0.3 is 10.5 Å². The van der Waals surface area contributed by atoms with Crippen LogP contribution >= 0.6 is 0 Å². The third-order valence-corrected chi connectivity index (χ3v) is 3.48. The van der Waals surface area contributed by atoms with Crippen molar-refractivity contribution in [3.8, 4) is 5.75 Å². The molecular weight excluding hydrogens is 260 g/mol. The Morgan fingerprint density at radius 2 is 1.76 bits per heavy atom. The Kier molecular flexibility index (Phi) is 5.64. The van der Waals surface area contributed by atoms with Crippen molar-refractivity contribution in [1.29, 1.82) is 0 Å². The molecule has 0 unspecified atom stereocenters. The van der Waals surface area contributed by atoms with Gasteiger partial charge in [-0.3, -0.25) is 4.90 Å². The van der Waals surface area contributed by atoms with E-state index in [-0.39, 0.29) is 0 Å². The summed E-state index contributed by atoms with van der Waals surface area (Å²) in [5.41, 5.74) is 9.17. The largest absolute Gasteiger partial charge is 0.492 e. The number of ether oxygens (including phenoxy) is 1. The Hall–Kier alpha value is -2.00. The SMILES string of the molecule is CCc1ccc(CN(C)CCOc2cccc(N)c2)cc1. The van der Waals surface area contributed by atoms with Gasteiger partial charge in [-0.25, -0.2) is 0 Å². The van der Waals surface area contributed by atoms with E-state index in [9.17, 15) is 0 Å². The van der Waals surface area contributed by atoms with Gasteiger partial charge in [0.05, 0.1) is 0 Å². The molecule has 0 aromatic heterocycles. The molecule has 0 saturated carbocycles. The highest BCUT2D eigenvalue weighted by Crippen LogP contribution is 2.14. The molecule has 0 aliphatic carbocycles. The summed E-state index contributed by atoms with van der Waals surface area (Å²) in [6, 6.07) is 16.4. The van der Waals surface area contributed by atoms with E-state index in [2.05, 4.69) is 43.1 Å².